The number of amides is 2. The number of fused-ring (bicyclic) bond motifs is 1. The van der Waals surface area contributed by atoms with Crippen molar-refractivity contribution in [1.82, 2.24) is 5.32 Å². The molecule has 6 heteroatoms. The third-order valence-corrected chi connectivity index (χ3v) is 5.28. The number of hydrogen-bond acceptors (Lipinski definition) is 3. The van der Waals surface area contributed by atoms with Gasteiger partial charge in [-0.25, -0.2) is 0 Å². The molecule has 2 N–H and O–H groups in total. The van der Waals surface area contributed by atoms with Gasteiger partial charge in [-0.2, -0.15) is 0 Å². The zero-order chi connectivity index (χ0) is 17.6. The number of nitrogens with one attached hydrogen (secondary N) is 1. The Labute approximate surface area is 140 Å². The molecule has 1 aliphatic heterocycles. The summed E-state index contributed by atoms with van der Waals surface area (Å²) in [5.41, 5.74) is 1.42. The zero-order valence-electron chi connectivity index (χ0n) is 14.1. The average Bonchev–Trinajstić information content (AvgIpc) is 3.06. The first-order valence-electron chi connectivity index (χ1n) is 8.20. The molecule has 6 nitrogen and oxygen atoms in total. The van der Waals surface area contributed by atoms with Crippen LogP contribution in [0.1, 0.15) is 49.0 Å². The van der Waals surface area contributed by atoms with Crippen LogP contribution in [0, 0.1) is 5.92 Å². The Kier molecular flexibility index (Phi) is 3.86. The summed E-state index contributed by atoms with van der Waals surface area (Å²) in [6.07, 6.45) is 2.08. The Morgan fingerprint density at radius 3 is 2.67 bits per heavy atom. The number of carbonyl (C=O) groups is 3. The van der Waals surface area contributed by atoms with E-state index in [2.05, 4.69) is 5.32 Å². The van der Waals surface area contributed by atoms with Gasteiger partial charge in [0.05, 0.1) is 11.3 Å². The molecule has 2 aliphatic rings. The van der Waals surface area contributed by atoms with Crippen molar-refractivity contribution in [1.29, 1.82) is 0 Å². The summed E-state index contributed by atoms with van der Waals surface area (Å²) < 4.78 is 0. The van der Waals surface area contributed by atoms with Gasteiger partial charge < -0.3 is 15.3 Å². The summed E-state index contributed by atoms with van der Waals surface area (Å²) in [5.74, 6) is -1.67. The number of hydrogen-bond donors (Lipinski definition) is 2. The lowest BCUT2D eigenvalue weighted by molar-refractivity contribution is -0.142. The summed E-state index contributed by atoms with van der Waals surface area (Å²) in [5, 5.41) is 12.1. The molecule has 24 heavy (non-hydrogen) atoms. The molecule has 2 atom stereocenters. The van der Waals surface area contributed by atoms with Gasteiger partial charge in [0.25, 0.3) is 5.91 Å². The van der Waals surface area contributed by atoms with E-state index in [9.17, 15) is 19.5 Å². The molecule has 2 amide bonds. The highest BCUT2D eigenvalue weighted by molar-refractivity contribution is 6.08. The Balaban J connectivity index is 1.84. The molecule has 3 rings (SSSR count). The van der Waals surface area contributed by atoms with Crippen molar-refractivity contribution < 1.29 is 19.5 Å². The fourth-order valence-electron chi connectivity index (χ4n) is 3.79. The summed E-state index contributed by atoms with van der Waals surface area (Å²) in [4.78, 5) is 37.7. The molecule has 1 aromatic rings. The molecule has 0 spiro atoms. The predicted octanol–water partition coefficient (Wildman–Crippen LogP) is 1.92. The lowest BCUT2D eigenvalue weighted by Crippen LogP contribution is -2.40. The second kappa shape index (κ2) is 5.61. The highest BCUT2D eigenvalue weighted by Gasteiger charge is 2.42. The van der Waals surface area contributed by atoms with Crippen molar-refractivity contribution in [2.45, 2.75) is 44.6 Å². The van der Waals surface area contributed by atoms with E-state index in [-0.39, 0.29) is 17.9 Å². The van der Waals surface area contributed by atoms with Crippen molar-refractivity contribution in [2.24, 2.45) is 5.92 Å². The lowest BCUT2D eigenvalue weighted by Gasteiger charge is -2.19. The number of aliphatic carboxylic acids is 1. The first kappa shape index (κ1) is 16.5. The maximum absolute atomic E-state index is 12.5. The minimum Gasteiger partial charge on any atom is -0.481 e. The van der Waals surface area contributed by atoms with Crippen molar-refractivity contribution in [3.63, 3.8) is 0 Å². The fourth-order valence-corrected chi connectivity index (χ4v) is 3.79. The molecule has 1 fully saturated rings. The summed E-state index contributed by atoms with van der Waals surface area (Å²) in [6.45, 7) is 3.69. The molecule has 0 aromatic heterocycles. The zero-order valence-corrected chi connectivity index (χ0v) is 14.1. The molecule has 1 heterocycles. The number of carboxylic acids is 1. The molecule has 128 valence electrons. The third kappa shape index (κ3) is 2.46. The molecular formula is C18H22N2O4. The third-order valence-electron chi connectivity index (χ3n) is 5.28. The first-order valence-corrected chi connectivity index (χ1v) is 8.20. The normalized spacial score (nSPS) is 24.8. The monoisotopic (exact) mass is 330 g/mol. The standard InChI is InChI=1S/C18H22N2O4/c1-18(2)12-9-10(7-8-14(12)20(3)17(18)24)15(21)19-13-6-4-5-11(13)16(22)23/h7-9,11,13H,4-6H2,1-3H3,(H,19,21)(H,22,23)/t11-,13+/m0/s1. The minimum atomic E-state index is -0.861. The molecule has 1 saturated carbocycles. The van der Waals surface area contributed by atoms with Gasteiger partial charge in [0, 0.05) is 24.3 Å². The van der Waals surface area contributed by atoms with Gasteiger partial charge in [-0.1, -0.05) is 6.42 Å². The quantitative estimate of drug-likeness (QED) is 0.886. The number of benzene rings is 1. The summed E-state index contributed by atoms with van der Waals surface area (Å²) in [7, 11) is 1.73. The SMILES string of the molecule is CN1C(=O)C(C)(C)c2cc(C(=O)N[C@@H]3CCC[C@@H]3C(=O)O)ccc21. The Bertz CT molecular complexity index is 726. The van der Waals surface area contributed by atoms with Crippen LogP contribution in [0.4, 0.5) is 5.69 Å². The van der Waals surface area contributed by atoms with Crippen LogP contribution < -0.4 is 10.2 Å². The first-order chi connectivity index (χ1) is 11.2. The van der Waals surface area contributed by atoms with Gasteiger partial charge in [-0.15, -0.1) is 0 Å². The predicted molar refractivity (Wildman–Crippen MR) is 89.1 cm³/mol. The molecular weight excluding hydrogens is 308 g/mol. The fraction of sp³-hybridized carbons (Fsp3) is 0.500. The summed E-state index contributed by atoms with van der Waals surface area (Å²) in [6, 6.07) is 4.88. The van der Waals surface area contributed by atoms with Crippen LogP contribution in [0.5, 0.6) is 0 Å². The highest BCUT2D eigenvalue weighted by atomic mass is 16.4. The van der Waals surface area contributed by atoms with Crippen LogP contribution in [0.25, 0.3) is 0 Å². The molecule has 0 bridgehead atoms. The number of carboxylic acid groups (broad SMARTS) is 1. The Hall–Kier alpha value is -2.37. The average molecular weight is 330 g/mol. The van der Waals surface area contributed by atoms with E-state index in [1.54, 1.807) is 30.1 Å². The van der Waals surface area contributed by atoms with Crippen LogP contribution in [-0.2, 0) is 15.0 Å². The van der Waals surface area contributed by atoms with Gasteiger partial charge in [0.1, 0.15) is 0 Å². The second-order valence-corrected chi connectivity index (χ2v) is 7.18. The van der Waals surface area contributed by atoms with E-state index in [1.165, 1.54) is 0 Å². The number of carbonyl (C=O) groups excluding carboxylic acids is 2. The van der Waals surface area contributed by atoms with Gasteiger partial charge in [-0.05, 0) is 50.5 Å². The van der Waals surface area contributed by atoms with Crippen molar-refractivity contribution in [2.75, 3.05) is 11.9 Å². The Morgan fingerprint density at radius 1 is 1.29 bits per heavy atom. The van der Waals surface area contributed by atoms with E-state index in [0.29, 0.717) is 18.4 Å². The maximum Gasteiger partial charge on any atom is 0.308 e. The van der Waals surface area contributed by atoms with E-state index in [4.69, 9.17) is 0 Å². The van der Waals surface area contributed by atoms with Crippen LogP contribution in [0.2, 0.25) is 0 Å². The van der Waals surface area contributed by atoms with Crippen molar-refractivity contribution in [3.05, 3.63) is 29.3 Å². The smallest absolute Gasteiger partial charge is 0.308 e. The molecule has 0 unspecified atom stereocenters. The highest BCUT2D eigenvalue weighted by Crippen LogP contribution is 2.41. The van der Waals surface area contributed by atoms with Crippen LogP contribution in [0.15, 0.2) is 18.2 Å². The maximum atomic E-state index is 12.5. The van der Waals surface area contributed by atoms with Gasteiger partial charge >= 0.3 is 5.97 Å². The second-order valence-electron chi connectivity index (χ2n) is 7.18. The van der Waals surface area contributed by atoms with E-state index < -0.39 is 17.3 Å². The molecule has 1 aliphatic carbocycles. The van der Waals surface area contributed by atoms with Gasteiger partial charge in [0.15, 0.2) is 0 Å². The van der Waals surface area contributed by atoms with Crippen molar-refractivity contribution >= 4 is 23.5 Å². The number of rotatable bonds is 3. The minimum absolute atomic E-state index is 0.00297. The van der Waals surface area contributed by atoms with E-state index in [0.717, 1.165) is 17.7 Å². The molecule has 0 saturated heterocycles. The number of nitrogens with zero attached hydrogens (tertiary/aromatic N) is 1. The Morgan fingerprint density at radius 2 is 2.00 bits per heavy atom. The van der Waals surface area contributed by atoms with Gasteiger partial charge in [-0.3, -0.25) is 14.4 Å². The molecule has 0 radical (unpaired) electrons. The topological polar surface area (TPSA) is 86.7 Å². The summed E-state index contributed by atoms with van der Waals surface area (Å²) >= 11 is 0. The van der Waals surface area contributed by atoms with Crippen molar-refractivity contribution in [3.8, 4) is 0 Å². The number of likely N-dealkylation sites (N-methyl/N-ethyl adjacent to an activating group) is 1. The van der Waals surface area contributed by atoms with Crippen LogP contribution in [0.3, 0.4) is 0 Å². The van der Waals surface area contributed by atoms with Gasteiger partial charge in [0.2, 0.25) is 5.91 Å². The van der Waals surface area contributed by atoms with E-state index >= 15 is 0 Å². The molecule has 1 aromatic carbocycles. The number of anilines is 1. The van der Waals surface area contributed by atoms with E-state index in [1.807, 2.05) is 13.8 Å². The van der Waals surface area contributed by atoms with Crippen LogP contribution >= 0.6 is 0 Å². The largest absolute Gasteiger partial charge is 0.481 e. The lowest BCUT2D eigenvalue weighted by atomic mass is 9.85. The van der Waals surface area contributed by atoms with Crippen LogP contribution in [-0.4, -0.2) is 36.0 Å².